The quantitative estimate of drug-likeness (QED) is 0.379. The number of aromatic nitrogens is 1. The van der Waals surface area contributed by atoms with Gasteiger partial charge < -0.3 is 9.47 Å². The Morgan fingerprint density at radius 3 is 2.78 bits per heavy atom. The van der Waals surface area contributed by atoms with Gasteiger partial charge in [-0.25, -0.2) is 4.98 Å². The lowest BCUT2D eigenvalue weighted by molar-refractivity contribution is -0.137. The first kappa shape index (κ1) is 17.0. The van der Waals surface area contributed by atoms with Gasteiger partial charge >= 0.3 is 5.97 Å². The normalized spacial score (nSPS) is 11.0. The number of hydrazone groups is 1. The summed E-state index contributed by atoms with van der Waals surface area (Å²) in [7, 11) is 1.53. The molecule has 0 saturated carbocycles. The van der Waals surface area contributed by atoms with Crippen molar-refractivity contribution in [3.63, 3.8) is 0 Å². The van der Waals surface area contributed by atoms with Crippen LogP contribution < -0.4 is 14.9 Å². The molecular weight excluding hydrogens is 314 g/mol. The van der Waals surface area contributed by atoms with Crippen LogP contribution in [0.1, 0.15) is 25.1 Å². The van der Waals surface area contributed by atoms with Crippen LogP contribution in [0.25, 0.3) is 0 Å². The van der Waals surface area contributed by atoms with Gasteiger partial charge in [0.15, 0.2) is 11.5 Å². The number of nitrogens with zero attached hydrogens (tertiary/aromatic N) is 2. The monoisotopic (exact) mass is 333 g/mol. The molecule has 0 saturated heterocycles. The molecule has 2 rings (SSSR count). The highest BCUT2D eigenvalue weighted by molar-refractivity contribution is 7.13. The summed E-state index contributed by atoms with van der Waals surface area (Å²) in [6, 6.07) is 5.24. The zero-order valence-corrected chi connectivity index (χ0v) is 14.3. The zero-order valence-electron chi connectivity index (χ0n) is 13.5. The number of methoxy groups -OCH3 is 1. The van der Waals surface area contributed by atoms with Gasteiger partial charge in [0, 0.05) is 5.38 Å². The zero-order chi connectivity index (χ0) is 16.8. The summed E-state index contributed by atoms with van der Waals surface area (Å²) < 4.78 is 10.6. The number of nitrogens with one attached hydrogen (secondary N) is 1. The lowest BCUT2D eigenvalue weighted by atomic mass is 10.2. The van der Waals surface area contributed by atoms with E-state index in [1.165, 1.54) is 18.4 Å². The third-order valence-electron chi connectivity index (χ3n) is 2.86. The van der Waals surface area contributed by atoms with Crippen LogP contribution in [-0.2, 0) is 4.79 Å². The molecule has 0 fully saturated rings. The van der Waals surface area contributed by atoms with E-state index in [1.807, 2.05) is 12.3 Å². The van der Waals surface area contributed by atoms with E-state index in [9.17, 15) is 4.79 Å². The van der Waals surface area contributed by atoms with E-state index in [0.717, 1.165) is 16.4 Å². The lowest BCUT2D eigenvalue weighted by Crippen LogP contribution is -2.15. The van der Waals surface area contributed by atoms with Gasteiger partial charge in [0.05, 0.1) is 24.9 Å². The molecule has 0 spiro atoms. The molecule has 0 aliphatic heterocycles. The van der Waals surface area contributed by atoms with Gasteiger partial charge in [-0.2, -0.15) is 5.10 Å². The first-order valence-electron chi connectivity index (χ1n) is 7.10. The number of rotatable bonds is 6. The smallest absolute Gasteiger partial charge is 0.313 e. The molecule has 0 aliphatic rings. The Bertz CT molecular complexity index is 710. The number of thiazole rings is 1. The number of aryl methyl sites for hydroxylation is 1. The minimum atomic E-state index is -0.300. The molecule has 1 aromatic carbocycles. The van der Waals surface area contributed by atoms with Gasteiger partial charge in [-0.1, -0.05) is 13.8 Å². The summed E-state index contributed by atoms with van der Waals surface area (Å²) in [5, 5.41) is 6.80. The molecule has 1 heterocycles. The molecule has 0 amide bonds. The van der Waals surface area contributed by atoms with E-state index in [1.54, 1.807) is 38.3 Å². The number of benzene rings is 1. The van der Waals surface area contributed by atoms with Gasteiger partial charge in [-0.3, -0.25) is 10.2 Å². The molecule has 0 unspecified atom stereocenters. The number of ether oxygens (including phenoxy) is 2. The lowest BCUT2D eigenvalue weighted by Gasteiger charge is -2.11. The Labute approximate surface area is 139 Å². The number of hydrogen-bond donors (Lipinski definition) is 1. The Hall–Kier alpha value is -2.41. The predicted molar refractivity (Wildman–Crippen MR) is 91.5 cm³/mol. The van der Waals surface area contributed by atoms with Crippen molar-refractivity contribution >= 4 is 28.7 Å². The Balaban J connectivity index is 2.07. The van der Waals surface area contributed by atoms with Crippen LogP contribution in [0.3, 0.4) is 0 Å². The van der Waals surface area contributed by atoms with Crippen LogP contribution in [0.5, 0.6) is 11.5 Å². The molecule has 2 aromatic rings. The second-order valence-electron chi connectivity index (χ2n) is 5.15. The van der Waals surface area contributed by atoms with E-state index in [0.29, 0.717) is 11.5 Å². The van der Waals surface area contributed by atoms with Crippen LogP contribution in [0.2, 0.25) is 0 Å². The summed E-state index contributed by atoms with van der Waals surface area (Å²) >= 11 is 1.49. The fourth-order valence-corrected chi connectivity index (χ4v) is 2.28. The Morgan fingerprint density at radius 2 is 2.17 bits per heavy atom. The van der Waals surface area contributed by atoms with Crippen molar-refractivity contribution in [3.05, 3.63) is 34.8 Å². The summed E-state index contributed by atoms with van der Waals surface area (Å²) in [5.41, 5.74) is 4.63. The van der Waals surface area contributed by atoms with Gasteiger partial charge in [0.25, 0.3) is 0 Å². The molecule has 6 nitrogen and oxygen atoms in total. The van der Waals surface area contributed by atoms with E-state index >= 15 is 0 Å². The highest BCUT2D eigenvalue weighted by Gasteiger charge is 2.13. The van der Waals surface area contributed by atoms with Crippen LogP contribution in [-0.4, -0.2) is 24.3 Å². The summed E-state index contributed by atoms with van der Waals surface area (Å²) in [6.45, 7) is 5.48. The number of esters is 1. The minimum absolute atomic E-state index is 0.202. The summed E-state index contributed by atoms with van der Waals surface area (Å²) in [4.78, 5) is 15.9. The largest absolute Gasteiger partial charge is 0.493 e. The number of hydrogen-bond acceptors (Lipinski definition) is 7. The molecule has 0 bridgehead atoms. The molecule has 1 N–H and O–H groups in total. The number of carbonyl (C=O) groups excluding carboxylic acids is 1. The highest BCUT2D eigenvalue weighted by atomic mass is 32.1. The Morgan fingerprint density at radius 1 is 1.39 bits per heavy atom. The average Bonchev–Trinajstić information content (AvgIpc) is 2.93. The first-order chi connectivity index (χ1) is 11.0. The van der Waals surface area contributed by atoms with Crippen molar-refractivity contribution in [2.45, 2.75) is 20.8 Å². The van der Waals surface area contributed by atoms with Crippen molar-refractivity contribution in [3.8, 4) is 11.5 Å². The second kappa shape index (κ2) is 7.73. The van der Waals surface area contributed by atoms with Gasteiger partial charge in [-0.05, 0) is 30.7 Å². The minimum Gasteiger partial charge on any atom is -0.493 e. The highest BCUT2D eigenvalue weighted by Crippen LogP contribution is 2.28. The van der Waals surface area contributed by atoms with Crippen LogP contribution in [0.15, 0.2) is 28.7 Å². The maximum Gasteiger partial charge on any atom is 0.313 e. The SMILES string of the molecule is COc1cc(C=NNc2nc(C)cs2)ccc1OC(=O)C(C)C. The predicted octanol–water partition coefficient (Wildman–Crippen LogP) is 3.47. The van der Waals surface area contributed by atoms with Gasteiger partial charge in [0.2, 0.25) is 5.13 Å². The summed E-state index contributed by atoms with van der Waals surface area (Å²) in [6.07, 6.45) is 1.65. The van der Waals surface area contributed by atoms with Gasteiger partial charge in [-0.15, -0.1) is 11.3 Å². The molecule has 0 aliphatic carbocycles. The maximum absolute atomic E-state index is 11.7. The number of carbonyl (C=O) groups is 1. The molecule has 0 radical (unpaired) electrons. The van der Waals surface area contributed by atoms with Crippen molar-refractivity contribution in [1.29, 1.82) is 0 Å². The molecule has 0 atom stereocenters. The van der Waals surface area contributed by atoms with Crippen molar-refractivity contribution in [1.82, 2.24) is 4.98 Å². The van der Waals surface area contributed by atoms with Crippen molar-refractivity contribution < 1.29 is 14.3 Å². The molecule has 7 heteroatoms. The molecular formula is C16H19N3O3S. The second-order valence-corrected chi connectivity index (χ2v) is 6.01. The third-order valence-corrected chi connectivity index (χ3v) is 3.73. The van der Waals surface area contributed by atoms with E-state index < -0.39 is 0 Å². The maximum atomic E-state index is 11.7. The average molecular weight is 333 g/mol. The number of anilines is 1. The van der Waals surface area contributed by atoms with E-state index in [2.05, 4.69) is 15.5 Å². The van der Waals surface area contributed by atoms with Crippen LogP contribution in [0, 0.1) is 12.8 Å². The van der Waals surface area contributed by atoms with Crippen LogP contribution >= 0.6 is 11.3 Å². The Kier molecular flexibility index (Phi) is 5.70. The topological polar surface area (TPSA) is 72.8 Å². The first-order valence-corrected chi connectivity index (χ1v) is 7.98. The van der Waals surface area contributed by atoms with E-state index in [-0.39, 0.29) is 11.9 Å². The third kappa shape index (κ3) is 4.79. The van der Waals surface area contributed by atoms with Crippen molar-refractivity contribution in [2.24, 2.45) is 11.0 Å². The molecule has 23 heavy (non-hydrogen) atoms. The standard InChI is InChI=1S/C16H19N3O3S/c1-10(2)15(20)22-13-6-5-12(7-14(13)21-4)8-17-19-16-18-11(3)9-23-16/h5-10H,1-4H3,(H,18,19). The van der Waals surface area contributed by atoms with Crippen molar-refractivity contribution in [2.75, 3.05) is 12.5 Å². The molecule has 1 aromatic heterocycles. The van der Waals surface area contributed by atoms with E-state index in [4.69, 9.17) is 9.47 Å². The fourth-order valence-electron chi connectivity index (χ4n) is 1.64. The van der Waals surface area contributed by atoms with Crippen LogP contribution in [0.4, 0.5) is 5.13 Å². The molecule has 122 valence electrons. The van der Waals surface area contributed by atoms with Gasteiger partial charge in [0.1, 0.15) is 0 Å². The fraction of sp³-hybridized carbons (Fsp3) is 0.312. The summed E-state index contributed by atoms with van der Waals surface area (Å²) in [5.74, 6) is 0.373.